The van der Waals surface area contributed by atoms with Crippen LogP contribution in [0, 0.1) is 0 Å². The number of halogens is 2. The number of hydrogen-bond donors (Lipinski definition) is 2. The number of hydrazone groups is 1. The first-order valence-corrected chi connectivity index (χ1v) is 5.39. The largest absolute Gasteiger partial charge is 0.256 e. The van der Waals surface area contributed by atoms with E-state index in [-0.39, 0.29) is 0 Å². The number of nitrogens with one attached hydrogen (secondary N) is 2. The molecule has 80 valence electrons. The molecule has 0 saturated carbocycles. The molecular weight excluding hydrogens is 223 g/mol. The van der Waals surface area contributed by atoms with Crippen LogP contribution < -0.4 is 10.9 Å². The lowest BCUT2D eigenvalue weighted by atomic mass is 10.2. The van der Waals surface area contributed by atoms with Gasteiger partial charge in [0.05, 0.1) is 0 Å². The Kier molecular flexibility index (Phi) is 5.07. The van der Waals surface area contributed by atoms with Crippen LogP contribution in [0.2, 0.25) is 0 Å². The first-order valence-electron chi connectivity index (χ1n) is 4.64. The van der Waals surface area contributed by atoms with Crippen LogP contribution in [0.3, 0.4) is 0 Å². The Bertz CT molecular complexity index is 239. The molecule has 1 heterocycles. The van der Waals surface area contributed by atoms with Gasteiger partial charge >= 0.3 is 0 Å². The van der Waals surface area contributed by atoms with Gasteiger partial charge in [0.15, 0.2) is 5.17 Å². The van der Waals surface area contributed by atoms with Gasteiger partial charge < -0.3 is 0 Å². The summed E-state index contributed by atoms with van der Waals surface area (Å²) in [6.07, 6.45) is 5.04. The normalized spacial score (nSPS) is 16.1. The SMILES string of the molecule is CCCCCNN1N=C(Cl)C=C(Cl)N1. The van der Waals surface area contributed by atoms with Crippen LogP contribution in [0.25, 0.3) is 0 Å². The van der Waals surface area contributed by atoms with E-state index in [0.29, 0.717) is 10.3 Å². The molecule has 0 aromatic carbocycles. The summed E-state index contributed by atoms with van der Waals surface area (Å²) < 4.78 is 0. The molecule has 2 N–H and O–H groups in total. The highest BCUT2D eigenvalue weighted by molar-refractivity contribution is 6.69. The van der Waals surface area contributed by atoms with E-state index < -0.39 is 0 Å². The summed E-state index contributed by atoms with van der Waals surface area (Å²) in [4.78, 5) is 0. The van der Waals surface area contributed by atoms with E-state index in [4.69, 9.17) is 23.2 Å². The second kappa shape index (κ2) is 6.11. The van der Waals surface area contributed by atoms with E-state index in [1.54, 1.807) is 6.08 Å². The first kappa shape index (κ1) is 11.6. The molecule has 0 amide bonds. The maximum atomic E-state index is 5.75. The van der Waals surface area contributed by atoms with Crippen LogP contribution in [0.15, 0.2) is 16.3 Å². The summed E-state index contributed by atoms with van der Waals surface area (Å²) in [5.41, 5.74) is 5.84. The molecule has 0 fully saturated rings. The Morgan fingerprint density at radius 3 is 2.93 bits per heavy atom. The number of hydrogen-bond acceptors (Lipinski definition) is 4. The Labute approximate surface area is 93.9 Å². The topological polar surface area (TPSA) is 39.7 Å². The number of hydrazine groups is 2. The zero-order valence-corrected chi connectivity index (χ0v) is 9.57. The predicted molar refractivity (Wildman–Crippen MR) is 59.7 cm³/mol. The Morgan fingerprint density at radius 2 is 2.29 bits per heavy atom. The summed E-state index contributed by atoms with van der Waals surface area (Å²) in [6, 6.07) is 0. The third-order valence-electron chi connectivity index (χ3n) is 1.70. The van der Waals surface area contributed by atoms with Crippen molar-refractivity contribution in [1.82, 2.24) is 16.1 Å². The van der Waals surface area contributed by atoms with Gasteiger partial charge in [0.2, 0.25) is 0 Å². The van der Waals surface area contributed by atoms with Gasteiger partial charge in [-0.2, -0.15) is 5.43 Å². The highest BCUT2D eigenvalue weighted by atomic mass is 35.5. The third kappa shape index (κ3) is 4.17. The fourth-order valence-electron chi connectivity index (χ4n) is 1.02. The van der Waals surface area contributed by atoms with Gasteiger partial charge in [-0.15, -0.1) is 10.3 Å². The zero-order chi connectivity index (χ0) is 10.4. The zero-order valence-electron chi connectivity index (χ0n) is 8.06. The van der Waals surface area contributed by atoms with Crippen LogP contribution in [0.1, 0.15) is 26.2 Å². The van der Waals surface area contributed by atoms with Gasteiger partial charge in [-0.3, -0.25) is 5.43 Å². The molecule has 0 atom stereocenters. The summed E-state index contributed by atoms with van der Waals surface area (Å²) in [5.74, 6) is 0. The van der Waals surface area contributed by atoms with Crippen molar-refractivity contribution in [3.8, 4) is 0 Å². The quantitative estimate of drug-likeness (QED) is 0.568. The number of allylic oxidation sites excluding steroid dienone is 1. The Morgan fingerprint density at radius 1 is 1.50 bits per heavy atom. The second-order valence-corrected chi connectivity index (χ2v) is 3.75. The molecule has 0 radical (unpaired) electrons. The minimum atomic E-state index is 0.358. The van der Waals surface area contributed by atoms with Gasteiger partial charge in [0, 0.05) is 12.6 Å². The molecule has 0 aromatic rings. The predicted octanol–water partition coefficient (Wildman–Crippen LogP) is 2.13. The van der Waals surface area contributed by atoms with Gasteiger partial charge in [0.25, 0.3) is 0 Å². The lowest BCUT2D eigenvalue weighted by molar-refractivity contribution is 0.141. The molecule has 1 aliphatic rings. The van der Waals surface area contributed by atoms with Crippen molar-refractivity contribution in [3.63, 3.8) is 0 Å². The molecule has 0 saturated heterocycles. The number of nitrogens with zero attached hydrogens (tertiary/aromatic N) is 2. The molecule has 0 aliphatic carbocycles. The average Bonchev–Trinajstić information content (AvgIpc) is 2.11. The molecule has 14 heavy (non-hydrogen) atoms. The van der Waals surface area contributed by atoms with E-state index >= 15 is 0 Å². The van der Waals surface area contributed by atoms with Crippen LogP contribution in [0.5, 0.6) is 0 Å². The van der Waals surface area contributed by atoms with Crippen molar-refractivity contribution in [2.75, 3.05) is 6.54 Å². The van der Waals surface area contributed by atoms with Crippen molar-refractivity contribution >= 4 is 28.4 Å². The maximum absolute atomic E-state index is 5.75. The fraction of sp³-hybridized carbons (Fsp3) is 0.625. The van der Waals surface area contributed by atoms with E-state index in [1.807, 2.05) is 0 Å². The second-order valence-electron chi connectivity index (χ2n) is 2.95. The lowest BCUT2D eigenvalue weighted by Crippen LogP contribution is -2.45. The van der Waals surface area contributed by atoms with E-state index in [1.165, 1.54) is 18.1 Å². The fourth-order valence-corrected chi connectivity index (χ4v) is 1.45. The first-order chi connectivity index (χ1) is 6.72. The monoisotopic (exact) mass is 236 g/mol. The van der Waals surface area contributed by atoms with E-state index in [0.717, 1.165) is 13.0 Å². The van der Waals surface area contributed by atoms with Crippen molar-refractivity contribution in [1.29, 1.82) is 0 Å². The molecule has 6 heteroatoms. The smallest absolute Gasteiger partial charge is 0.155 e. The molecule has 0 spiro atoms. The molecule has 0 unspecified atom stereocenters. The third-order valence-corrected chi connectivity index (χ3v) is 2.07. The highest BCUT2D eigenvalue weighted by Gasteiger charge is 2.08. The van der Waals surface area contributed by atoms with Gasteiger partial charge in [-0.25, -0.2) is 0 Å². The minimum absolute atomic E-state index is 0.358. The molecular formula is C8H14Cl2N4. The van der Waals surface area contributed by atoms with Crippen molar-refractivity contribution in [2.45, 2.75) is 26.2 Å². The summed E-state index contributed by atoms with van der Waals surface area (Å²) >= 11 is 11.5. The van der Waals surface area contributed by atoms with Crippen molar-refractivity contribution < 1.29 is 0 Å². The average molecular weight is 237 g/mol. The lowest BCUT2D eigenvalue weighted by Gasteiger charge is -2.23. The maximum Gasteiger partial charge on any atom is 0.155 e. The van der Waals surface area contributed by atoms with Crippen molar-refractivity contribution in [2.24, 2.45) is 5.10 Å². The summed E-state index contributed by atoms with van der Waals surface area (Å²) in [5, 5.41) is 6.20. The van der Waals surface area contributed by atoms with Gasteiger partial charge in [0.1, 0.15) is 5.16 Å². The number of unbranched alkanes of at least 4 members (excludes halogenated alkanes) is 2. The molecule has 0 aromatic heterocycles. The van der Waals surface area contributed by atoms with Crippen LogP contribution in [0.4, 0.5) is 0 Å². The van der Waals surface area contributed by atoms with Crippen LogP contribution >= 0.6 is 23.2 Å². The Hall–Kier alpha value is -0.450. The van der Waals surface area contributed by atoms with E-state index in [9.17, 15) is 0 Å². The summed E-state index contributed by atoms with van der Waals surface area (Å²) in [7, 11) is 0. The molecule has 1 rings (SSSR count). The van der Waals surface area contributed by atoms with Crippen LogP contribution in [-0.4, -0.2) is 16.9 Å². The summed E-state index contributed by atoms with van der Waals surface area (Å²) in [6.45, 7) is 3.01. The number of rotatable bonds is 5. The van der Waals surface area contributed by atoms with Gasteiger partial charge in [-0.1, -0.05) is 43.0 Å². The van der Waals surface area contributed by atoms with Crippen LogP contribution in [-0.2, 0) is 0 Å². The minimum Gasteiger partial charge on any atom is -0.256 e. The Balaban J connectivity index is 2.23. The van der Waals surface area contributed by atoms with Gasteiger partial charge in [-0.05, 0) is 6.42 Å². The standard InChI is InChI=1S/C8H14Cl2N4/c1-2-3-4-5-11-14-12-7(9)6-8(10)13-14/h6,11-12H,2-5H2,1H3. The molecule has 4 nitrogen and oxygen atoms in total. The molecule has 1 aliphatic heterocycles. The molecule has 0 bridgehead atoms. The van der Waals surface area contributed by atoms with E-state index in [2.05, 4.69) is 22.9 Å². The highest BCUT2D eigenvalue weighted by Crippen LogP contribution is 2.06. The van der Waals surface area contributed by atoms with Crippen molar-refractivity contribution in [3.05, 3.63) is 11.2 Å².